The minimum absolute atomic E-state index is 0.114. The summed E-state index contributed by atoms with van der Waals surface area (Å²) in [7, 11) is 1.34. The van der Waals surface area contributed by atoms with Crippen LogP contribution in [0.1, 0.15) is 22.7 Å². The molecule has 0 aliphatic carbocycles. The van der Waals surface area contributed by atoms with Gasteiger partial charge in [-0.3, -0.25) is 0 Å². The van der Waals surface area contributed by atoms with Crippen LogP contribution in [0.2, 0.25) is 5.02 Å². The third-order valence-corrected chi connectivity index (χ3v) is 3.56. The maximum atomic E-state index is 14.0. The number of methoxy groups -OCH3 is 1. The molecule has 2 N–H and O–H groups in total. The molecule has 0 aliphatic rings. The number of ether oxygens (including phenoxy) is 1. The van der Waals surface area contributed by atoms with Crippen LogP contribution in [0.3, 0.4) is 0 Å². The summed E-state index contributed by atoms with van der Waals surface area (Å²) in [6.45, 7) is 1.80. The molecule has 0 fully saturated rings. The summed E-state index contributed by atoms with van der Waals surface area (Å²) in [6.07, 6.45) is 0. The van der Waals surface area contributed by atoms with Crippen molar-refractivity contribution >= 4 is 11.6 Å². The number of aryl methyl sites for hydroxylation is 1. The summed E-state index contributed by atoms with van der Waals surface area (Å²) in [5.74, 6) is -1.35. The lowest BCUT2D eigenvalue weighted by Gasteiger charge is -2.16. The van der Waals surface area contributed by atoms with Crippen LogP contribution >= 0.6 is 11.6 Å². The molecular weight excluding hydrogens is 284 g/mol. The van der Waals surface area contributed by atoms with E-state index in [2.05, 4.69) is 0 Å². The fourth-order valence-corrected chi connectivity index (χ4v) is 2.12. The summed E-state index contributed by atoms with van der Waals surface area (Å²) in [6, 6.07) is 6.35. The lowest BCUT2D eigenvalue weighted by molar-refractivity contribution is 0.404. The Morgan fingerprint density at radius 1 is 1.15 bits per heavy atom. The van der Waals surface area contributed by atoms with Crippen LogP contribution < -0.4 is 10.5 Å². The Hall–Kier alpha value is -1.65. The highest BCUT2D eigenvalue weighted by atomic mass is 35.5. The van der Waals surface area contributed by atoms with Crippen molar-refractivity contribution in [3.05, 3.63) is 63.7 Å². The van der Waals surface area contributed by atoms with Crippen LogP contribution in [0.25, 0.3) is 0 Å². The summed E-state index contributed by atoms with van der Waals surface area (Å²) in [5.41, 5.74) is 7.17. The van der Waals surface area contributed by atoms with E-state index < -0.39 is 17.7 Å². The van der Waals surface area contributed by atoms with E-state index in [1.165, 1.54) is 7.11 Å². The zero-order valence-electron chi connectivity index (χ0n) is 11.1. The van der Waals surface area contributed by atoms with Gasteiger partial charge < -0.3 is 10.5 Å². The molecule has 0 heterocycles. The molecule has 0 bridgehead atoms. The van der Waals surface area contributed by atoms with Crippen LogP contribution in [-0.4, -0.2) is 7.11 Å². The number of rotatable bonds is 3. The van der Waals surface area contributed by atoms with Gasteiger partial charge in [-0.15, -0.1) is 0 Å². The van der Waals surface area contributed by atoms with Crippen molar-refractivity contribution in [2.24, 2.45) is 5.73 Å². The highest BCUT2D eigenvalue weighted by Crippen LogP contribution is 2.30. The molecule has 1 unspecified atom stereocenters. The Kier molecular flexibility index (Phi) is 4.26. The second-order valence-corrected chi connectivity index (χ2v) is 4.90. The second kappa shape index (κ2) is 5.77. The number of nitrogens with two attached hydrogens (primary N) is 1. The van der Waals surface area contributed by atoms with E-state index >= 15 is 0 Å². The number of halogens is 3. The van der Waals surface area contributed by atoms with Gasteiger partial charge in [-0.2, -0.15) is 0 Å². The molecule has 2 aromatic rings. The van der Waals surface area contributed by atoms with Crippen molar-refractivity contribution in [2.75, 3.05) is 7.11 Å². The Labute approximate surface area is 121 Å². The summed E-state index contributed by atoms with van der Waals surface area (Å²) in [5, 5.41) is 0.580. The predicted molar refractivity (Wildman–Crippen MR) is 75.1 cm³/mol. The van der Waals surface area contributed by atoms with Gasteiger partial charge in [0.15, 0.2) is 0 Å². The minimum Gasteiger partial charge on any atom is -0.497 e. The van der Waals surface area contributed by atoms with Crippen LogP contribution in [0, 0.1) is 18.6 Å². The van der Waals surface area contributed by atoms with Crippen molar-refractivity contribution in [2.45, 2.75) is 13.0 Å². The van der Waals surface area contributed by atoms with Crippen molar-refractivity contribution in [1.29, 1.82) is 0 Å². The minimum atomic E-state index is -0.906. The topological polar surface area (TPSA) is 35.2 Å². The van der Waals surface area contributed by atoms with Gasteiger partial charge in [-0.25, -0.2) is 8.78 Å². The first-order valence-corrected chi connectivity index (χ1v) is 6.36. The lowest BCUT2D eigenvalue weighted by Crippen LogP contribution is -2.16. The van der Waals surface area contributed by atoms with Gasteiger partial charge >= 0.3 is 0 Å². The fraction of sp³-hybridized carbons (Fsp3) is 0.200. The Balaban J connectivity index is 2.47. The number of hydrogen-bond donors (Lipinski definition) is 1. The molecule has 0 aromatic heterocycles. The van der Waals surface area contributed by atoms with E-state index in [0.29, 0.717) is 10.6 Å². The van der Waals surface area contributed by atoms with Crippen LogP contribution in [0.15, 0.2) is 30.3 Å². The van der Waals surface area contributed by atoms with Gasteiger partial charge in [-0.05, 0) is 24.1 Å². The van der Waals surface area contributed by atoms with Gasteiger partial charge in [0.25, 0.3) is 0 Å². The SMILES string of the molecule is COc1cc(F)c(C(N)c2ccc(Cl)c(C)c2)c(F)c1. The van der Waals surface area contributed by atoms with E-state index in [4.69, 9.17) is 22.1 Å². The average Bonchev–Trinajstić information content (AvgIpc) is 2.40. The first kappa shape index (κ1) is 14.8. The maximum absolute atomic E-state index is 14.0. The zero-order valence-corrected chi connectivity index (χ0v) is 11.8. The zero-order chi connectivity index (χ0) is 14.9. The van der Waals surface area contributed by atoms with Crippen molar-refractivity contribution in [1.82, 2.24) is 0 Å². The van der Waals surface area contributed by atoms with E-state index in [1.54, 1.807) is 25.1 Å². The second-order valence-electron chi connectivity index (χ2n) is 4.49. The van der Waals surface area contributed by atoms with Gasteiger partial charge in [0.1, 0.15) is 17.4 Å². The van der Waals surface area contributed by atoms with Gasteiger partial charge in [0.2, 0.25) is 0 Å². The molecule has 106 valence electrons. The van der Waals surface area contributed by atoms with Gasteiger partial charge in [-0.1, -0.05) is 23.7 Å². The van der Waals surface area contributed by atoms with E-state index in [1.807, 2.05) is 0 Å². The fourth-order valence-electron chi connectivity index (χ4n) is 2.00. The van der Waals surface area contributed by atoms with E-state index in [-0.39, 0.29) is 11.3 Å². The standard InChI is InChI=1S/C15H14ClF2NO/c1-8-5-9(3-4-11(8)16)15(19)14-12(17)6-10(20-2)7-13(14)18/h3-7,15H,19H2,1-2H3. The molecule has 20 heavy (non-hydrogen) atoms. The smallest absolute Gasteiger partial charge is 0.134 e. The summed E-state index contributed by atoms with van der Waals surface area (Å²) >= 11 is 5.93. The monoisotopic (exact) mass is 297 g/mol. The van der Waals surface area contributed by atoms with Crippen LogP contribution in [0.4, 0.5) is 8.78 Å². The van der Waals surface area contributed by atoms with E-state index in [9.17, 15) is 8.78 Å². The third-order valence-electron chi connectivity index (χ3n) is 3.14. The Morgan fingerprint density at radius 2 is 1.75 bits per heavy atom. The third kappa shape index (κ3) is 2.76. The molecule has 0 saturated heterocycles. The largest absolute Gasteiger partial charge is 0.497 e. The molecule has 2 nitrogen and oxygen atoms in total. The number of benzene rings is 2. The number of hydrogen-bond acceptors (Lipinski definition) is 2. The molecule has 1 atom stereocenters. The quantitative estimate of drug-likeness (QED) is 0.930. The summed E-state index contributed by atoms with van der Waals surface area (Å²) < 4.78 is 32.8. The van der Waals surface area contributed by atoms with Gasteiger partial charge in [0.05, 0.1) is 13.2 Å². The highest BCUT2D eigenvalue weighted by Gasteiger charge is 2.20. The van der Waals surface area contributed by atoms with Crippen molar-refractivity contribution < 1.29 is 13.5 Å². The molecule has 0 radical (unpaired) electrons. The highest BCUT2D eigenvalue weighted by molar-refractivity contribution is 6.31. The molecular formula is C15H14ClF2NO. The summed E-state index contributed by atoms with van der Waals surface area (Å²) in [4.78, 5) is 0. The van der Waals surface area contributed by atoms with Crippen LogP contribution in [-0.2, 0) is 0 Å². The van der Waals surface area contributed by atoms with Crippen LogP contribution in [0.5, 0.6) is 5.75 Å². The van der Waals surface area contributed by atoms with Crippen molar-refractivity contribution in [3.63, 3.8) is 0 Å². The first-order chi connectivity index (χ1) is 9.43. The van der Waals surface area contributed by atoms with Crippen molar-refractivity contribution in [3.8, 4) is 5.75 Å². The molecule has 2 aromatic carbocycles. The molecule has 0 amide bonds. The maximum Gasteiger partial charge on any atom is 0.134 e. The normalized spacial score (nSPS) is 12.3. The molecule has 0 spiro atoms. The molecule has 0 saturated carbocycles. The van der Waals surface area contributed by atoms with E-state index in [0.717, 1.165) is 17.7 Å². The lowest BCUT2D eigenvalue weighted by atomic mass is 9.97. The average molecular weight is 298 g/mol. The predicted octanol–water partition coefficient (Wildman–Crippen LogP) is 3.98. The molecule has 0 aliphatic heterocycles. The van der Waals surface area contributed by atoms with Gasteiger partial charge in [0, 0.05) is 22.7 Å². The Bertz CT molecular complexity index is 623. The Morgan fingerprint density at radius 3 is 2.25 bits per heavy atom. The first-order valence-electron chi connectivity index (χ1n) is 5.98. The molecule has 2 rings (SSSR count). The molecule has 5 heteroatoms.